The van der Waals surface area contributed by atoms with Gasteiger partial charge in [0.25, 0.3) is 0 Å². The maximum Gasteiger partial charge on any atom is 0.336 e. The molecular weight excluding hydrogens is 478 g/mol. The van der Waals surface area contributed by atoms with Crippen molar-refractivity contribution in [2.45, 2.75) is 51.6 Å². The van der Waals surface area contributed by atoms with Gasteiger partial charge in [-0.05, 0) is 56.3 Å². The number of ether oxygens (including phenoxy) is 4. The van der Waals surface area contributed by atoms with E-state index < -0.39 is 11.9 Å². The van der Waals surface area contributed by atoms with Gasteiger partial charge in [0, 0.05) is 40.1 Å². The lowest BCUT2D eigenvalue weighted by atomic mass is 9.72. The van der Waals surface area contributed by atoms with Crippen molar-refractivity contribution in [2.75, 3.05) is 27.4 Å². The Balaban J connectivity index is 1.73. The maximum absolute atomic E-state index is 13.7. The number of rotatable bonds is 9. The predicted octanol–water partition coefficient (Wildman–Crippen LogP) is 5.10. The van der Waals surface area contributed by atoms with E-state index in [1.54, 1.807) is 31.6 Å². The number of nitrogens with one attached hydrogen (secondary N) is 1. The lowest BCUT2D eigenvalue weighted by Crippen LogP contribution is -2.36. The number of benzene rings is 1. The van der Waals surface area contributed by atoms with E-state index in [1.165, 1.54) is 4.88 Å². The first kappa shape index (κ1) is 26.0. The van der Waals surface area contributed by atoms with Crippen molar-refractivity contribution in [1.29, 1.82) is 0 Å². The van der Waals surface area contributed by atoms with Gasteiger partial charge in [0.1, 0.15) is 6.61 Å². The van der Waals surface area contributed by atoms with Crippen LogP contribution >= 0.6 is 11.3 Å². The van der Waals surface area contributed by atoms with Crippen LogP contribution in [0.25, 0.3) is 0 Å². The lowest BCUT2D eigenvalue weighted by Gasteiger charge is -2.36. The van der Waals surface area contributed by atoms with Crippen LogP contribution in [0.4, 0.5) is 0 Å². The Morgan fingerprint density at radius 2 is 1.89 bits per heavy atom. The van der Waals surface area contributed by atoms with Crippen molar-refractivity contribution in [1.82, 2.24) is 5.32 Å². The fourth-order valence-corrected chi connectivity index (χ4v) is 5.73. The molecule has 36 heavy (non-hydrogen) atoms. The highest BCUT2D eigenvalue weighted by molar-refractivity contribution is 7.10. The number of esters is 1. The molecule has 1 N–H and O–H groups in total. The number of hydrogen-bond donors (Lipinski definition) is 1. The molecule has 1 aliphatic carbocycles. The van der Waals surface area contributed by atoms with E-state index in [9.17, 15) is 9.59 Å². The Hall–Kier alpha value is -3.10. The van der Waals surface area contributed by atoms with Crippen LogP contribution in [0.5, 0.6) is 11.5 Å². The number of dihydropyridines is 1. The second kappa shape index (κ2) is 11.3. The molecule has 1 aromatic carbocycles. The molecule has 1 aromatic heterocycles. The van der Waals surface area contributed by atoms with E-state index in [-0.39, 0.29) is 24.4 Å². The average Bonchev–Trinajstić information content (AvgIpc) is 3.40. The Morgan fingerprint density at radius 1 is 1.11 bits per heavy atom. The normalized spacial score (nSPS) is 19.8. The molecule has 0 spiro atoms. The largest absolute Gasteiger partial charge is 0.493 e. The second-order valence-corrected chi connectivity index (χ2v) is 10.2. The summed E-state index contributed by atoms with van der Waals surface area (Å²) in [6.07, 6.45) is 1.14. The molecule has 1 aliphatic heterocycles. The van der Waals surface area contributed by atoms with E-state index in [4.69, 9.17) is 18.9 Å². The van der Waals surface area contributed by atoms with Crippen molar-refractivity contribution in [3.8, 4) is 11.5 Å². The van der Waals surface area contributed by atoms with Gasteiger partial charge in [0.2, 0.25) is 0 Å². The molecule has 0 radical (unpaired) electrons. The summed E-state index contributed by atoms with van der Waals surface area (Å²) in [4.78, 5) is 28.2. The van der Waals surface area contributed by atoms with E-state index in [0.29, 0.717) is 47.8 Å². The number of carbonyl (C=O) groups excluding carboxylic acids is 2. The monoisotopic (exact) mass is 511 g/mol. The minimum atomic E-state index is -0.573. The third-order valence-electron chi connectivity index (χ3n) is 6.50. The third-order valence-corrected chi connectivity index (χ3v) is 7.54. The molecular formula is C28H33NO6S. The van der Waals surface area contributed by atoms with Gasteiger partial charge in [-0.15, -0.1) is 11.3 Å². The molecule has 0 saturated heterocycles. The van der Waals surface area contributed by atoms with Gasteiger partial charge in [-0.2, -0.15) is 0 Å². The molecule has 0 unspecified atom stereocenters. The molecule has 0 saturated carbocycles. The zero-order valence-corrected chi connectivity index (χ0v) is 22.2. The van der Waals surface area contributed by atoms with Crippen molar-refractivity contribution in [2.24, 2.45) is 0 Å². The van der Waals surface area contributed by atoms with Crippen LogP contribution in [0, 0.1) is 0 Å². The number of ketones is 1. The number of hydrogen-bond acceptors (Lipinski definition) is 8. The Labute approximate surface area is 216 Å². The van der Waals surface area contributed by atoms with Crippen LogP contribution in [-0.4, -0.2) is 45.3 Å². The summed E-state index contributed by atoms with van der Waals surface area (Å²) in [6, 6.07) is 9.60. The van der Waals surface area contributed by atoms with Crippen molar-refractivity contribution < 1.29 is 28.5 Å². The summed E-state index contributed by atoms with van der Waals surface area (Å²) in [5.41, 5.74) is 3.36. The Bertz CT molecular complexity index is 1180. The summed E-state index contributed by atoms with van der Waals surface area (Å²) >= 11 is 1.67. The van der Waals surface area contributed by atoms with E-state index in [2.05, 4.69) is 11.4 Å². The van der Waals surface area contributed by atoms with E-state index >= 15 is 0 Å². The number of carbonyl (C=O) groups is 2. The van der Waals surface area contributed by atoms with Crippen LogP contribution in [-0.2, 0) is 19.1 Å². The predicted molar refractivity (Wildman–Crippen MR) is 138 cm³/mol. The highest BCUT2D eigenvalue weighted by Crippen LogP contribution is 2.47. The van der Waals surface area contributed by atoms with E-state index in [0.717, 1.165) is 11.3 Å². The topological polar surface area (TPSA) is 83.1 Å². The van der Waals surface area contributed by atoms with Gasteiger partial charge in [0.05, 0.1) is 32.5 Å². The first-order valence-electron chi connectivity index (χ1n) is 12.1. The maximum atomic E-state index is 13.7. The Morgan fingerprint density at radius 3 is 2.56 bits per heavy atom. The van der Waals surface area contributed by atoms with Crippen LogP contribution in [0.3, 0.4) is 0 Å². The molecule has 192 valence electrons. The average molecular weight is 512 g/mol. The number of Topliss-reactive ketones (excluding diaryl/α,β-unsaturated/α-hetero) is 1. The van der Waals surface area contributed by atoms with Crippen molar-refractivity contribution >= 4 is 23.1 Å². The fourth-order valence-electron chi connectivity index (χ4n) is 4.90. The molecule has 0 amide bonds. The Kier molecular flexibility index (Phi) is 8.16. The molecule has 7 nitrogen and oxygen atoms in total. The summed E-state index contributed by atoms with van der Waals surface area (Å²) in [7, 11) is 3.14. The summed E-state index contributed by atoms with van der Waals surface area (Å²) in [5, 5.41) is 5.42. The van der Waals surface area contributed by atoms with E-state index in [1.807, 2.05) is 44.4 Å². The summed E-state index contributed by atoms with van der Waals surface area (Å²) < 4.78 is 22.1. The van der Waals surface area contributed by atoms with Crippen LogP contribution in [0.15, 0.2) is 58.3 Å². The zero-order chi connectivity index (χ0) is 25.8. The molecule has 4 rings (SSSR count). The zero-order valence-electron chi connectivity index (χ0n) is 21.4. The van der Waals surface area contributed by atoms with Crippen LogP contribution in [0.1, 0.15) is 55.9 Å². The molecule has 2 aromatic rings. The molecule has 2 heterocycles. The van der Waals surface area contributed by atoms with Crippen LogP contribution in [0.2, 0.25) is 0 Å². The first-order valence-corrected chi connectivity index (χ1v) is 13.0. The smallest absolute Gasteiger partial charge is 0.336 e. The quantitative estimate of drug-likeness (QED) is 0.371. The highest BCUT2D eigenvalue weighted by atomic mass is 32.1. The molecule has 0 fully saturated rings. The van der Waals surface area contributed by atoms with Gasteiger partial charge in [-0.1, -0.05) is 12.1 Å². The van der Waals surface area contributed by atoms with Crippen LogP contribution < -0.4 is 14.8 Å². The van der Waals surface area contributed by atoms with Crippen molar-refractivity contribution in [3.63, 3.8) is 0 Å². The molecule has 2 aliphatic rings. The van der Waals surface area contributed by atoms with Gasteiger partial charge in [-0.25, -0.2) is 4.79 Å². The number of allylic oxidation sites excluding steroid dienone is 3. The number of thiophene rings is 1. The molecule has 2 atom stereocenters. The van der Waals surface area contributed by atoms with Gasteiger partial charge in [-0.3, -0.25) is 4.79 Å². The first-order chi connectivity index (χ1) is 17.3. The summed E-state index contributed by atoms with van der Waals surface area (Å²) in [6.45, 7) is 6.15. The minimum absolute atomic E-state index is 0.0304. The van der Waals surface area contributed by atoms with Gasteiger partial charge in [0.15, 0.2) is 17.3 Å². The summed E-state index contributed by atoms with van der Waals surface area (Å²) in [5.74, 6) is 0.217. The standard InChI is InChI=1S/C28H33NO6S/c1-16(2)34-10-11-35-28(31)25-17(3)29-20-13-19(24-7-6-12-36-24)14-21(30)27(20)26(25)18-8-9-22(32-4)23(15-18)33-5/h6-9,12,15-16,19,26,29H,10-11,13-14H2,1-5H3/t19-,26-/m0/s1. The molecule has 0 bridgehead atoms. The minimum Gasteiger partial charge on any atom is -0.493 e. The second-order valence-electron chi connectivity index (χ2n) is 9.20. The van der Waals surface area contributed by atoms with Gasteiger partial charge >= 0.3 is 5.97 Å². The highest BCUT2D eigenvalue weighted by Gasteiger charge is 2.41. The SMILES string of the molecule is COc1ccc([C@H]2C(C(=O)OCCOC(C)C)=C(C)NC3=C2C(=O)C[C@@H](c2cccs2)C3)cc1OC. The van der Waals surface area contributed by atoms with Gasteiger partial charge < -0.3 is 24.3 Å². The number of methoxy groups -OCH3 is 2. The third kappa shape index (κ3) is 5.34. The molecule has 8 heteroatoms. The van der Waals surface area contributed by atoms with Crippen molar-refractivity contribution in [3.05, 3.63) is 68.7 Å². The lowest BCUT2D eigenvalue weighted by molar-refractivity contribution is -0.141. The fraction of sp³-hybridized carbons (Fsp3) is 0.429.